The van der Waals surface area contributed by atoms with Crippen LogP contribution in [0.5, 0.6) is 0 Å². The second-order valence-corrected chi connectivity index (χ2v) is 4.36. The minimum atomic E-state index is 0.428. The number of hydrogen-bond donors (Lipinski definition) is 1. The van der Waals surface area contributed by atoms with E-state index in [9.17, 15) is 0 Å². The van der Waals surface area contributed by atoms with Crippen LogP contribution in [0.3, 0.4) is 0 Å². The molecule has 0 amide bonds. The van der Waals surface area contributed by atoms with E-state index in [0.717, 1.165) is 13.1 Å². The third kappa shape index (κ3) is 2.24. The Labute approximate surface area is 91.2 Å². The highest BCUT2D eigenvalue weighted by Gasteiger charge is 2.26. The van der Waals surface area contributed by atoms with Crippen LogP contribution in [0.15, 0.2) is 23.0 Å². The van der Waals surface area contributed by atoms with Gasteiger partial charge in [0.1, 0.15) is 0 Å². The van der Waals surface area contributed by atoms with Crippen LogP contribution in [0.1, 0.15) is 37.8 Å². The summed E-state index contributed by atoms with van der Waals surface area (Å²) in [6.45, 7) is 4.16. The largest absolute Gasteiger partial charge is 0.472 e. The van der Waals surface area contributed by atoms with E-state index in [0.29, 0.717) is 12.1 Å². The van der Waals surface area contributed by atoms with Gasteiger partial charge in [0, 0.05) is 24.2 Å². The molecule has 1 aliphatic heterocycles. The Morgan fingerprint density at radius 2 is 2.47 bits per heavy atom. The molecule has 15 heavy (non-hydrogen) atoms. The first-order chi connectivity index (χ1) is 7.33. The number of nitrogens with two attached hydrogens (primary N) is 1. The first kappa shape index (κ1) is 10.7. The molecule has 0 bridgehead atoms. The Morgan fingerprint density at radius 1 is 1.60 bits per heavy atom. The van der Waals surface area contributed by atoms with Gasteiger partial charge in [-0.25, -0.2) is 0 Å². The van der Waals surface area contributed by atoms with E-state index < -0.39 is 0 Å². The third-order valence-corrected chi connectivity index (χ3v) is 3.47. The molecule has 1 aromatic heterocycles. The standard InChI is InChI=1S/C12H20N2O/c1-10(11-5-7-15-9-11)14-6-3-2-4-12(14)8-13/h5,7,9-10,12H,2-4,6,8,13H2,1H3. The molecule has 0 aromatic carbocycles. The van der Waals surface area contributed by atoms with Crippen LogP contribution >= 0.6 is 0 Å². The molecule has 1 saturated heterocycles. The second kappa shape index (κ2) is 4.81. The maximum absolute atomic E-state index is 5.82. The average Bonchev–Trinajstić information content (AvgIpc) is 2.81. The molecule has 2 heterocycles. The number of nitrogens with zero attached hydrogens (tertiary/aromatic N) is 1. The van der Waals surface area contributed by atoms with E-state index in [1.807, 2.05) is 12.3 Å². The Morgan fingerprint density at radius 3 is 3.13 bits per heavy atom. The van der Waals surface area contributed by atoms with Crippen molar-refractivity contribution in [2.75, 3.05) is 13.1 Å². The van der Waals surface area contributed by atoms with E-state index in [1.165, 1.54) is 24.8 Å². The van der Waals surface area contributed by atoms with Gasteiger partial charge in [-0.15, -0.1) is 0 Å². The number of likely N-dealkylation sites (tertiary alicyclic amines) is 1. The number of furan rings is 1. The van der Waals surface area contributed by atoms with E-state index in [1.54, 1.807) is 6.26 Å². The number of piperidine rings is 1. The minimum Gasteiger partial charge on any atom is -0.472 e. The van der Waals surface area contributed by atoms with E-state index in [-0.39, 0.29) is 0 Å². The summed E-state index contributed by atoms with van der Waals surface area (Å²) < 4.78 is 5.14. The van der Waals surface area contributed by atoms with Gasteiger partial charge in [0.05, 0.1) is 12.5 Å². The predicted molar refractivity (Wildman–Crippen MR) is 60.5 cm³/mol. The maximum Gasteiger partial charge on any atom is 0.0950 e. The van der Waals surface area contributed by atoms with Crippen molar-refractivity contribution in [2.24, 2.45) is 5.73 Å². The van der Waals surface area contributed by atoms with Crippen molar-refractivity contribution in [3.05, 3.63) is 24.2 Å². The van der Waals surface area contributed by atoms with Crippen molar-refractivity contribution in [3.63, 3.8) is 0 Å². The van der Waals surface area contributed by atoms with Crippen LogP contribution in [0.2, 0.25) is 0 Å². The Hall–Kier alpha value is -0.800. The quantitative estimate of drug-likeness (QED) is 0.827. The summed E-state index contributed by atoms with van der Waals surface area (Å²) >= 11 is 0. The van der Waals surface area contributed by atoms with Gasteiger partial charge >= 0.3 is 0 Å². The van der Waals surface area contributed by atoms with Crippen LogP contribution in [0.25, 0.3) is 0 Å². The van der Waals surface area contributed by atoms with Crippen LogP contribution in [-0.2, 0) is 0 Å². The zero-order valence-corrected chi connectivity index (χ0v) is 9.36. The fraction of sp³-hybridized carbons (Fsp3) is 0.667. The molecule has 0 radical (unpaired) electrons. The molecule has 3 heteroatoms. The molecule has 0 aliphatic carbocycles. The molecular weight excluding hydrogens is 188 g/mol. The minimum absolute atomic E-state index is 0.428. The molecule has 2 unspecified atom stereocenters. The predicted octanol–water partition coefficient (Wildman–Crippen LogP) is 2.15. The molecule has 2 rings (SSSR count). The smallest absolute Gasteiger partial charge is 0.0950 e. The molecule has 1 aromatic rings. The van der Waals surface area contributed by atoms with Crippen molar-refractivity contribution >= 4 is 0 Å². The SMILES string of the molecule is CC(c1ccoc1)N1CCCCC1CN. The van der Waals surface area contributed by atoms with Crippen LogP contribution in [-0.4, -0.2) is 24.0 Å². The third-order valence-electron chi connectivity index (χ3n) is 3.47. The topological polar surface area (TPSA) is 42.4 Å². The van der Waals surface area contributed by atoms with Crippen LogP contribution in [0, 0.1) is 0 Å². The van der Waals surface area contributed by atoms with Gasteiger partial charge in [0.25, 0.3) is 0 Å². The molecule has 0 saturated carbocycles. The summed E-state index contributed by atoms with van der Waals surface area (Å²) in [5.41, 5.74) is 7.08. The van der Waals surface area contributed by atoms with Crippen molar-refractivity contribution < 1.29 is 4.42 Å². The van der Waals surface area contributed by atoms with E-state index in [2.05, 4.69) is 11.8 Å². The lowest BCUT2D eigenvalue weighted by molar-refractivity contribution is 0.107. The van der Waals surface area contributed by atoms with Gasteiger partial charge in [0.15, 0.2) is 0 Å². The highest BCUT2D eigenvalue weighted by molar-refractivity contribution is 5.11. The van der Waals surface area contributed by atoms with Crippen molar-refractivity contribution in [1.29, 1.82) is 0 Å². The zero-order chi connectivity index (χ0) is 10.7. The average molecular weight is 208 g/mol. The molecular formula is C12H20N2O. The first-order valence-corrected chi connectivity index (χ1v) is 5.81. The lowest BCUT2D eigenvalue weighted by Crippen LogP contribution is -2.45. The van der Waals surface area contributed by atoms with Gasteiger partial charge in [-0.3, -0.25) is 4.90 Å². The summed E-state index contributed by atoms with van der Waals surface area (Å²) in [7, 11) is 0. The highest BCUT2D eigenvalue weighted by atomic mass is 16.3. The maximum atomic E-state index is 5.82. The monoisotopic (exact) mass is 208 g/mol. The molecule has 2 N–H and O–H groups in total. The van der Waals surface area contributed by atoms with Gasteiger partial charge in [-0.05, 0) is 32.4 Å². The van der Waals surface area contributed by atoms with Gasteiger partial charge in [-0.1, -0.05) is 6.42 Å². The summed E-state index contributed by atoms with van der Waals surface area (Å²) in [5, 5.41) is 0. The second-order valence-electron chi connectivity index (χ2n) is 4.36. The summed E-state index contributed by atoms with van der Waals surface area (Å²) in [4.78, 5) is 2.51. The molecule has 2 atom stereocenters. The summed E-state index contributed by atoms with van der Waals surface area (Å²) in [6.07, 6.45) is 7.42. The zero-order valence-electron chi connectivity index (χ0n) is 9.36. The number of hydrogen-bond acceptors (Lipinski definition) is 3. The lowest BCUT2D eigenvalue weighted by atomic mass is 9.98. The Bertz CT molecular complexity index is 284. The fourth-order valence-corrected chi connectivity index (χ4v) is 2.49. The van der Waals surface area contributed by atoms with Crippen molar-refractivity contribution in [3.8, 4) is 0 Å². The summed E-state index contributed by atoms with van der Waals surface area (Å²) in [5.74, 6) is 0. The molecule has 1 fully saturated rings. The van der Waals surface area contributed by atoms with Crippen LogP contribution in [0.4, 0.5) is 0 Å². The molecule has 0 spiro atoms. The normalized spacial score (nSPS) is 25.3. The molecule has 3 nitrogen and oxygen atoms in total. The van der Waals surface area contributed by atoms with Crippen molar-refractivity contribution in [1.82, 2.24) is 4.90 Å². The molecule has 1 aliphatic rings. The van der Waals surface area contributed by atoms with E-state index >= 15 is 0 Å². The Balaban J connectivity index is 2.07. The lowest BCUT2D eigenvalue weighted by Gasteiger charge is -2.39. The van der Waals surface area contributed by atoms with Gasteiger partial charge < -0.3 is 10.2 Å². The van der Waals surface area contributed by atoms with Gasteiger partial charge in [0.2, 0.25) is 0 Å². The Kier molecular flexibility index (Phi) is 3.44. The molecule has 84 valence electrons. The van der Waals surface area contributed by atoms with Crippen LogP contribution < -0.4 is 5.73 Å². The fourth-order valence-electron chi connectivity index (χ4n) is 2.49. The summed E-state index contributed by atoms with van der Waals surface area (Å²) in [6, 6.07) is 3.02. The first-order valence-electron chi connectivity index (χ1n) is 5.81. The van der Waals surface area contributed by atoms with E-state index in [4.69, 9.17) is 10.2 Å². The number of rotatable bonds is 3. The van der Waals surface area contributed by atoms with Crippen molar-refractivity contribution in [2.45, 2.75) is 38.3 Å². The van der Waals surface area contributed by atoms with Gasteiger partial charge in [-0.2, -0.15) is 0 Å². The highest BCUT2D eigenvalue weighted by Crippen LogP contribution is 2.27.